The highest BCUT2D eigenvalue weighted by Gasteiger charge is 2.21. The van der Waals surface area contributed by atoms with Gasteiger partial charge in [0.25, 0.3) is 5.91 Å². The zero-order valence-corrected chi connectivity index (χ0v) is 12.7. The van der Waals surface area contributed by atoms with E-state index < -0.39 is 0 Å². The molecule has 0 radical (unpaired) electrons. The fourth-order valence-corrected chi connectivity index (χ4v) is 2.60. The Kier molecular flexibility index (Phi) is 3.58. The molecular formula is C14H15BrN4O. The minimum absolute atomic E-state index is 0.134. The average Bonchev–Trinajstić information content (AvgIpc) is 2.81. The predicted molar refractivity (Wildman–Crippen MR) is 80.7 cm³/mol. The number of nitrogens with zero attached hydrogens (tertiary/aromatic N) is 2. The normalized spacial score (nSPS) is 14.9. The third-order valence-electron chi connectivity index (χ3n) is 3.46. The molecule has 2 heterocycles. The number of nitrogens with one attached hydrogen (secondary N) is 2. The summed E-state index contributed by atoms with van der Waals surface area (Å²) in [5.41, 5.74) is 2.83. The van der Waals surface area contributed by atoms with Crippen molar-refractivity contribution in [2.75, 3.05) is 18.9 Å². The lowest BCUT2D eigenvalue weighted by atomic mass is 10.1. The van der Waals surface area contributed by atoms with Gasteiger partial charge in [-0.2, -0.15) is 5.10 Å². The van der Waals surface area contributed by atoms with Crippen LogP contribution >= 0.6 is 15.9 Å². The monoisotopic (exact) mass is 334 g/mol. The number of anilines is 1. The van der Waals surface area contributed by atoms with E-state index in [1.807, 2.05) is 12.1 Å². The van der Waals surface area contributed by atoms with E-state index in [1.54, 1.807) is 12.1 Å². The van der Waals surface area contributed by atoms with Gasteiger partial charge < -0.3 is 10.2 Å². The van der Waals surface area contributed by atoms with Crippen LogP contribution in [0.15, 0.2) is 28.7 Å². The summed E-state index contributed by atoms with van der Waals surface area (Å²) in [6.07, 6.45) is 0.901. The van der Waals surface area contributed by atoms with Gasteiger partial charge in [-0.25, -0.2) is 0 Å². The topological polar surface area (TPSA) is 61.0 Å². The zero-order chi connectivity index (χ0) is 14.1. The second-order valence-electron chi connectivity index (χ2n) is 4.98. The second-order valence-corrected chi connectivity index (χ2v) is 5.89. The van der Waals surface area contributed by atoms with Crippen molar-refractivity contribution in [3.63, 3.8) is 0 Å². The zero-order valence-electron chi connectivity index (χ0n) is 11.1. The van der Waals surface area contributed by atoms with E-state index in [-0.39, 0.29) is 5.91 Å². The molecular weight excluding hydrogens is 320 g/mol. The number of benzene rings is 1. The number of aromatic nitrogens is 2. The first-order valence-electron chi connectivity index (χ1n) is 6.45. The molecule has 104 valence electrons. The second kappa shape index (κ2) is 5.38. The summed E-state index contributed by atoms with van der Waals surface area (Å²) < 4.78 is 0.953. The van der Waals surface area contributed by atoms with Crippen molar-refractivity contribution in [3.05, 3.63) is 45.6 Å². The van der Waals surface area contributed by atoms with Crippen molar-refractivity contribution in [2.24, 2.45) is 0 Å². The molecule has 1 aliphatic rings. The van der Waals surface area contributed by atoms with Crippen molar-refractivity contribution >= 4 is 27.7 Å². The van der Waals surface area contributed by atoms with Crippen LogP contribution in [0.5, 0.6) is 0 Å². The maximum Gasteiger partial charge on any atom is 0.256 e. The molecule has 0 bridgehead atoms. The molecule has 2 aromatic rings. The minimum Gasteiger partial charge on any atom is -0.305 e. The summed E-state index contributed by atoms with van der Waals surface area (Å²) in [7, 11) is 2.07. The molecule has 2 N–H and O–H groups in total. The van der Waals surface area contributed by atoms with E-state index in [1.165, 1.54) is 0 Å². The summed E-state index contributed by atoms with van der Waals surface area (Å²) in [5, 5.41) is 10.1. The van der Waals surface area contributed by atoms with Gasteiger partial charge in [0.1, 0.15) is 0 Å². The van der Waals surface area contributed by atoms with Gasteiger partial charge >= 0.3 is 0 Å². The molecule has 1 aromatic heterocycles. The van der Waals surface area contributed by atoms with Gasteiger partial charge in [-0.05, 0) is 37.7 Å². The standard InChI is InChI=1S/C14H15BrN4O/c1-19-7-6-11-12(8-19)17-18-13(11)16-14(20)9-2-4-10(15)5-3-9/h2-5H,6-8H2,1H3,(H2,16,17,18,20). The lowest BCUT2D eigenvalue weighted by Crippen LogP contribution is -2.26. The van der Waals surface area contributed by atoms with Crippen molar-refractivity contribution < 1.29 is 4.79 Å². The van der Waals surface area contributed by atoms with Gasteiger partial charge in [0, 0.05) is 28.7 Å². The van der Waals surface area contributed by atoms with E-state index in [4.69, 9.17) is 0 Å². The molecule has 3 rings (SSSR count). The number of hydrogen-bond donors (Lipinski definition) is 2. The quantitative estimate of drug-likeness (QED) is 0.886. The summed E-state index contributed by atoms with van der Waals surface area (Å²) in [6, 6.07) is 7.27. The number of amides is 1. The Balaban J connectivity index is 1.78. The third kappa shape index (κ3) is 2.62. The van der Waals surface area contributed by atoms with Crippen molar-refractivity contribution in [1.82, 2.24) is 15.1 Å². The van der Waals surface area contributed by atoms with Crippen LogP contribution in [0, 0.1) is 0 Å². The van der Waals surface area contributed by atoms with E-state index >= 15 is 0 Å². The molecule has 0 fully saturated rings. The van der Waals surface area contributed by atoms with E-state index in [0.29, 0.717) is 11.4 Å². The number of likely N-dealkylation sites (N-methyl/N-ethyl adjacent to an activating group) is 1. The Bertz CT molecular complexity index is 635. The first kappa shape index (κ1) is 13.3. The molecule has 1 aliphatic heterocycles. The van der Waals surface area contributed by atoms with Crippen LogP contribution in [0.3, 0.4) is 0 Å². The van der Waals surface area contributed by atoms with E-state index in [9.17, 15) is 4.79 Å². The molecule has 0 atom stereocenters. The number of aromatic amines is 1. The van der Waals surface area contributed by atoms with Gasteiger partial charge in [0.05, 0.1) is 5.69 Å². The van der Waals surface area contributed by atoms with Gasteiger partial charge in [-0.1, -0.05) is 15.9 Å². The first-order valence-corrected chi connectivity index (χ1v) is 7.24. The Morgan fingerprint density at radius 3 is 2.90 bits per heavy atom. The number of hydrogen-bond acceptors (Lipinski definition) is 3. The van der Waals surface area contributed by atoms with Gasteiger partial charge in [-0.3, -0.25) is 9.89 Å². The van der Waals surface area contributed by atoms with Crippen LogP contribution in [0.25, 0.3) is 0 Å². The SMILES string of the molecule is CN1CCc2c(NC(=O)c3ccc(Br)cc3)n[nH]c2C1. The largest absolute Gasteiger partial charge is 0.305 e. The van der Waals surface area contributed by atoms with Crippen LogP contribution in [-0.2, 0) is 13.0 Å². The third-order valence-corrected chi connectivity index (χ3v) is 3.99. The molecule has 6 heteroatoms. The Hall–Kier alpha value is -1.66. The van der Waals surface area contributed by atoms with Crippen LogP contribution in [0.4, 0.5) is 5.82 Å². The molecule has 20 heavy (non-hydrogen) atoms. The number of fused-ring (bicyclic) bond motifs is 1. The number of carbonyl (C=O) groups excluding carboxylic acids is 1. The Morgan fingerprint density at radius 2 is 2.15 bits per heavy atom. The van der Waals surface area contributed by atoms with Crippen LogP contribution < -0.4 is 5.32 Å². The molecule has 0 saturated heterocycles. The fraction of sp³-hybridized carbons (Fsp3) is 0.286. The summed E-state index contributed by atoms with van der Waals surface area (Å²) in [4.78, 5) is 14.4. The van der Waals surface area contributed by atoms with Crippen molar-refractivity contribution in [3.8, 4) is 0 Å². The number of halogens is 1. The summed E-state index contributed by atoms with van der Waals surface area (Å²) in [5.74, 6) is 0.520. The maximum atomic E-state index is 12.2. The summed E-state index contributed by atoms with van der Waals surface area (Å²) >= 11 is 3.36. The molecule has 1 aromatic carbocycles. The number of H-pyrrole nitrogens is 1. The lowest BCUT2D eigenvalue weighted by molar-refractivity contribution is 0.102. The smallest absolute Gasteiger partial charge is 0.256 e. The highest BCUT2D eigenvalue weighted by atomic mass is 79.9. The van der Waals surface area contributed by atoms with E-state index in [0.717, 1.165) is 35.2 Å². The fourth-order valence-electron chi connectivity index (χ4n) is 2.34. The molecule has 0 aliphatic carbocycles. The lowest BCUT2D eigenvalue weighted by Gasteiger charge is -2.21. The molecule has 0 unspecified atom stereocenters. The van der Waals surface area contributed by atoms with Gasteiger partial charge in [-0.15, -0.1) is 0 Å². The maximum absolute atomic E-state index is 12.2. The summed E-state index contributed by atoms with van der Waals surface area (Å²) in [6.45, 7) is 1.82. The van der Waals surface area contributed by atoms with Gasteiger partial charge in [0.2, 0.25) is 0 Å². The highest BCUT2D eigenvalue weighted by molar-refractivity contribution is 9.10. The van der Waals surface area contributed by atoms with Crippen molar-refractivity contribution in [1.29, 1.82) is 0 Å². The van der Waals surface area contributed by atoms with E-state index in [2.05, 4.69) is 43.4 Å². The number of rotatable bonds is 2. The average molecular weight is 335 g/mol. The molecule has 5 nitrogen and oxygen atoms in total. The molecule has 1 amide bonds. The van der Waals surface area contributed by atoms with Crippen LogP contribution in [0.2, 0.25) is 0 Å². The van der Waals surface area contributed by atoms with Gasteiger partial charge in [0.15, 0.2) is 5.82 Å². The minimum atomic E-state index is -0.134. The Labute approximate surface area is 125 Å². The molecule has 0 saturated carbocycles. The highest BCUT2D eigenvalue weighted by Crippen LogP contribution is 2.23. The molecule has 0 spiro atoms. The number of carbonyl (C=O) groups is 1. The predicted octanol–water partition coefficient (Wildman–Crippen LogP) is 2.41. The van der Waals surface area contributed by atoms with Crippen LogP contribution in [0.1, 0.15) is 21.6 Å². The Morgan fingerprint density at radius 1 is 1.40 bits per heavy atom. The van der Waals surface area contributed by atoms with Crippen LogP contribution in [-0.4, -0.2) is 34.6 Å². The first-order chi connectivity index (χ1) is 9.63. The van der Waals surface area contributed by atoms with Crippen molar-refractivity contribution in [2.45, 2.75) is 13.0 Å².